The molecule has 0 bridgehead atoms. The van der Waals surface area contributed by atoms with Crippen LogP contribution in [0.4, 0.5) is 0 Å². The van der Waals surface area contributed by atoms with Gasteiger partial charge in [0, 0.05) is 6.54 Å². The van der Waals surface area contributed by atoms with E-state index in [-0.39, 0.29) is 5.91 Å². The Balaban J connectivity index is 1.87. The SMILES string of the molecule is CCCCCNC(=O)c1sc(CN2CCCCC2)nc1C. The lowest BCUT2D eigenvalue weighted by Gasteiger charge is -2.25. The minimum absolute atomic E-state index is 0.0472. The van der Waals surface area contributed by atoms with E-state index in [9.17, 15) is 4.79 Å². The zero-order valence-electron chi connectivity index (χ0n) is 13.3. The Hall–Kier alpha value is -0.940. The Morgan fingerprint density at radius 1 is 1.29 bits per heavy atom. The van der Waals surface area contributed by atoms with Crippen LogP contribution in [0.2, 0.25) is 0 Å². The van der Waals surface area contributed by atoms with Crippen LogP contribution >= 0.6 is 11.3 Å². The number of piperidine rings is 1. The van der Waals surface area contributed by atoms with E-state index in [1.165, 1.54) is 32.1 Å². The van der Waals surface area contributed by atoms with Gasteiger partial charge in [-0.05, 0) is 39.3 Å². The van der Waals surface area contributed by atoms with Gasteiger partial charge in [0.25, 0.3) is 5.91 Å². The molecule has 5 heteroatoms. The van der Waals surface area contributed by atoms with Crippen molar-refractivity contribution in [3.8, 4) is 0 Å². The number of rotatable bonds is 7. The van der Waals surface area contributed by atoms with E-state index in [4.69, 9.17) is 0 Å². The molecule has 4 nitrogen and oxygen atoms in total. The van der Waals surface area contributed by atoms with Crippen LogP contribution in [0, 0.1) is 6.92 Å². The van der Waals surface area contributed by atoms with Crippen LogP contribution in [0.3, 0.4) is 0 Å². The zero-order chi connectivity index (χ0) is 15.1. The monoisotopic (exact) mass is 309 g/mol. The number of likely N-dealkylation sites (tertiary alicyclic amines) is 1. The number of hydrogen-bond donors (Lipinski definition) is 1. The molecule has 1 N–H and O–H groups in total. The van der Waals surface area contributed by atoms with Crippen LogP contribution < -0.4 is 5.32 Å². The average molecular weight is 309 g/mol. The molecule has 0 radical (unpaired) electrons. The van der Waals surface area contributed by atoms with Crippen molar-refractivity contribution >= 4 is 17.2 Å². The van der Waals surface area contributed by atoms with Crippen LogP contribution in [0.25, 0.3) is 0 Å². The van der Waals surface area contributed by atoms with Gasteiger partial charge in [0.15, 0.2) is 0 Å². The Morgan fingerprint density at radius 3 is 2.76 bits per heavy atom. The first kappa shape index (κ1) is 16.4. The molecule has 1 aliphatic heterocycles. The summed E-state index contributed by atoms with van der Waals surface area (Å²) in [5, 5.41) is 4.09. The molecule has 21 heavy (non-hydrogen) atoms. The van der Waals surface area contributed by atoms with Gasteiger partial charge in [-0.2, -0.15) is 0 Å². The van der Waals surface area contributed by atoms with Crippen LogP contribution in [0.1, 0.15) is 65.8 Å². The summed E-state index contributed by atoms with van der Waals surface area (Å²) in [6, 6.07) is 0. The van der Waals surface area contributed by atoms with Gasteiger partial charge in [-0.15, -0.1) is 11.3 Å². The van der Waals surface area contributed by atoms with Crippen LogP contribution in [-0.4, -0.2) is 35.4 Å². The molecule has 118 valence electrons. The molecule has 0 saturated carbocycles. The molecule has 1 aromatic rings. The van der Waals surface area contributed by atoms with E-state index >= 15 is 0 Å². The second-order valence-corrected chi connectivity index (χ2v) is 6.91. The predicted molar refractivity (Wildman–Crippen MR) is 87.8 cm³/mol. The number of carbonyl (C=O) groups is 1. The fourth-order valence-electron chi connectivity index (χ4n) is 2.70. The Morgan fingerprint density at radius 2 is 2.05 bits per heavy atom. The molecule has 0 aromatic carbocycles. The standard InChI is InChI=1S/C16H27N3OS/c1-3-4-6-9-17-16(20)15-13(2)18-14(21-15)12-19-10-7-5-8-11-19/h3-12H2,1-2H3,(H,17,20). The summed E-state index contributed by atoms with van der Waals surface area (Å²) in [6.07, 6.45) is 7.32. The third-order valence-corrected chi connectivity index (χ3v) is 5.06. The molecule has 1 fully saturated rings. The minimum Gasteiger partial charge on any atom is -0.351 e. The molecule has 2 rings (SSSR count). The van der Waals surface area contributed by atoms with Gasteiger partial charge in [0.2, 0.25) is 0 Å². The first-order valence-electron chi connectivity index (χ1n) is 8.17. The van der Waals surface area contributed by atoms with Crippen molar-refractivity contribution in [1.29, 1.82) is 0 Å². The van der Waals surface area contributed by atoms with Gasteiger partial charge in [-0.25, -0.2) is 4.98 Å². The average Bonchev–Trinajstić information content (AvgIpc) is 2.85. The molecule has 1 saturated heterocycles. The Labute approximate surface area is 132 Å². The highest BCUT2D eigenvalue weighted by atomic mass is 32.1. The van der Waals surface area contributed by atoms with Gasteiger partial charge >= 0.3 is 0 Å². The normalized spacial score (nSPS) is 16.1. The van der Waals surface area contributed by atoms with E-state index in [1.807, 2.05) is 6.92 Å². The van der Waals surface area contributed by atoms with E-state index in [0.29, 0.717) is 0 Å². The molecule has 0 spiro atoms. The van der Waals surface area contributed by atoms with Crippen molar-refractivity contribution in [2.45, 2.75) is 58.9 Å². The van der Waals surface area contributed by atoms with E-state index in [0.717, 1.165) is 48.2 Å². The maximum atomic E-state index is 12.2. The van der Waals surface area contributed by atoms with Crippen LogP contribution in [0.15, 0.2) is 0 Å². The van der Waals surface area contributed by atoms with Gasteiger partial charge in [-0.1, -0.05) is 26.2 Å². The number of nitrogens with zero attached hydrogens (tertiary/aromatic N) is 2. The number of thiazole rings is 1. The summed E-state index contributed by atoms with van der Waals surface area (Å²) in [5.74, 6) is 0.0472. The van der Waals surface area contributed by atoms with Gasteiger partial charge in [0.1, 0.15) is 9.88 Å². The van der Waals surface area contributed by atoms with E-state index < -0.39 is 0 Å². The van der Waals surface area contributed by atoms with Crippen molar-refractivity contribution in [3.63, 3.8) is 0 Å². The highest BCUT2D eigenvalue weighted by Gasteiger charge is 2.17. The minimum atomic E-state index is 0.0472. The van der Waals surface area contributed by atoms with Crippen molar-refractivity contribution < 1.29 is 4.79 Å². The fourth-order valence-corrected chi connectivity index (χ4v) is 3.72. The van der Waals surface area contributed by atoms with E-state index in [1.54, 1.807) is 11.3 Å². The van der Waals surface area contributed by atoms with Crippen LogP contribution in [0.5, 0.6) is 0 Å². The molecule has 0 unspecified atom stereocenters. The maximum absolute atomic E-state index is 12.2. The molecule has 0 aliphatic carbocycles. The smallest absolute Gasteiger partial charge is 0.263 e. The highest BCUT2D eigenvalue weighted by Crippen LogP contribution is 2.21. The number of hydrogen-bond acceptors (Lipinski definition) is 4. The predicted octanol–water partition coefficient (Wildman–Crippen LogP) is 3.36. The lowest BCUT2D eigenvalue weighted by Crippen LogP contribution is -2.29. The third kappa shape index (κ3) is 5.08. The second-order valence-electron chi connectivity index (χ2n) is 5.82. The number of aromatic nitrogens is 1. The molecule has 1 aliphatic rings. The van der Waals surface area contributed by atoms with E-state index in [2.05, 4.69) is 22.1 Å². The lowest BCUT2D eigenvalue weighted by molar-refractivity contribution is 0.0956. The first-order valence-corrected chi connectivity index (χ1v) is 8.99. The topological polar surface area (TPSA) is 45.2 Å². The first-order chi connectivity index (χ1) is 10.2. The lowest BCUT2D eigenvalue weighted by atomic mass is 10.1. The maximum Gasteiger partial charge on any atom is 0.263 e. The Kier molecular flexibility index (Phi) is 6.64. The summed E-state index contributed by atoms with van der Waals surface area (Å²) >= 11 is 1.56. The van der Waals surface area contributed by atoms with Gasteiger partial charge in [0.05, 0.1) is 12.2 Å². The summed E-state index contributed by atoms with van der Waals surface area (Å²) in [5.41, 5.74) is 0.875. The summed E-state index contributed by atoms with van der Waals surface area (Å²) in [6.45, 7) is 8.10. The largest absolute Gasteiger partial charge is 0.351 e. The molecule has 2 heterocycles. The fraction of sp³-hybridized carbons (Fsp3) is 0.750. The highest BCUT2D eigenvalue weighted by molar-refractivity contribution is 7.13. The molecular weight excluding hydrogens is 282 g/mol. The molecule has 1 amide bonds. The quantitative estimate of drug-likeness (QED) is 0.786. The number of aryl methyl sites for hydroxylation is 1. The molecule has 1 aromatic heterocycles. The summed E-state index contributed by atoms with van der Waals surface area (Å²) < 4.78 is 0. The number of nitrogens with one attached hydrogen (secondary N) is 1. The molecular formula is C16H27N3OS. The van der Waals surface area contributed by atoms with Crippen molar-refractivity contribution in [1.82, 2.24) is 15.2 Å². The number of carbonyl (C=O) groups excluding carboxylic acids is 1. The van der Waals surface area contributed by atoms with Gasteiger partial charge in [-0.3, -0.25) is 9.69 Å². The number of unbranched alkanes of at least 4 members (excludes halogenated alkanes) is 2. The Bertz CT molecular complexity index is 452. The summed E-state index contributed by atoms with van der Waals surface area (Å²) in [7, 11) is 0. The summed E-state index contributed by atoms with van der Waals surface area (Å²) in [4.78, 5) is 20.0. The third-order valence-electron chi connectivity index (χ3n) is 3.92. The van der Waals surface area contributed by atoms with Crippen LogP contribution in [-0.2, 0) is 6.54 Å². The van der Waals surface area contributed by atoms with Crippen molar-refractivity contribution in [2.75, 3.05) is 19.6 Å². The number of amides is 1. The van der Waals surface area contributed by atoms with Crippen molar-refractivity contribution in [3.05, 3.63) is 15.6 Å². The molecule has 0 atom stereocenters. The second kappa shape index (κ2) is 8.49. The van der Waals surface area contributed by atoms with Crippen molar-refractivity contribution in [2.24, 2.45) is 0 Å². The van der Waals surface area contributed by atoms with Gasteiger partial charge < -0.3 is 5.32 Å². The zero-order valence-corrected chi connectivity index (χ0v) is 14.1.